The lowest BCUT2D eigenvalue weighted by atomic mass is 10.3. The molecular weight excluding hydrogens is 270 g/mol. The summed E-state index contributed by atoms with van der Waals surface area (Å²) in [6, 6.07) is 0. The molecule has 0 fully saturated rings. The average molecular weight is 288 g/mol. The number of halogens is 1. The van der Waals surface area contributed by atoms with Gasteiger partial charge < -0.3 is 9.64 Å². The summed E-state index contributed by atoms with van der Waals surface area (Å²) in [6.07, 6.45) is 5.73. The molecule has 0 aliphatic rings. The molecule has 0 aromatic carbocycles. The molecule has 0 radical (unpaired) electrons. The molecule has 90 valence electrons. The zero-order valence-corrected chi connectivity index (χ0v) is 11.4. The number of hydrogen-bond acceptors (Lipinski definition) is 4. The summed E-state index contributed by atoms with van der Waals surface area (Å²) in [5.41, 5.74) is 0. The highest BCUT2D eigenvalue weighted by molar-refractivity contribution is 9.09. The van der Waals surface area contributed by atoms with Gasteiger partial charge in [0.2, 0.25) is 5.88 Å². The van der Waals surface area contributed by atoms with Crippen LogP contribution < -0.4 is 9.64 Å². The monoisotopic (exact) mass is 287 g/mol. The molecule has 1 aromatic rings. The SMILES string of the molecule is CCCCN(CCBr)c1cncc(OC)n1. The van der Waals surface area contributed by atoms with Gasteiger partial charge in [0.05, 0.1) is 19.5 Å². The van der Waals surface area contributed by atoms with Gasteiger partial charge in [-0.25, -0.2) is 0 Å². The second-order valence-electron chi connectivity index (χ2n) is 3.45. The van der Waals surface area contributed by atoms with E-state index in [1.807, 2.05) is 0 Å². The van der Waals surface area contributed by atoms with E-state index in [9.17, 15) is 0 Å². The molecule has 1 aromatic heterocycles. The molecule has 0 unspecified atom stereocenters. The van der Waals surface area contributed by atoms with E-state index in [2.05, 4.69) is 37.7 Å². The van der Waals surface area contributed by atoms with Crippen LogP contribution in [0.15, 0.2) is 12.4 Å². The first-order valence-corrected chi connectivity index (χ1v) is 6.61. The highest BCUT2D eigenvalue weighted by Gasteiger charge is 2.08. The number of hydrogen-bond donors (Lipinski definition) is 0. The number of methoxy groups -OCH3 is 1. The van der Waals surface area contributed by atoms with E-state index in [0.29, 0.717) is 5.88 Å². The first-order valence-electron chi connectivity index (χ1n) is 5.48. The molecule has 0 N–H and O–H groups in total. The van der Waals surface area contributed by atoms with E-state index in [0.717, 1.165) is 30.7 Å². The van der Waals surface area contributed by atoms with Crippen molar-refractivity contribution in [2.75, 3.05) is 30.4 Å². The van der Waals surface area contributed by atoms with E-state index in [1.165, 1.54) is 6.42 Å². The summed E-state index contributed by atoms with van der Waals surface area (Å²) in [5.74, 6) is 1.45. The van der Waals surface area contributed by atoms with E-state index >= 15 is 0 Å². The second kappa shape index (κ2) is 7.44. The van der Waals surface area contributed by atoms with Crippen molar-refractivity contribution in [2.24, 2.45) is 0 Å². The van der Waals surface area contributed by atoms with Gasteiger partial charge in [0.15, 0.2) is 5.82 Å². The zero-order chi connectivity index (χ0) is 11.8. The van der Waals surface area contributed by atoms with Crippen LogP contribution in [0.3, 0.4) is 0 Å². The van der Waals surface area contributed by atoms with Crippen molar-refractivity contribution in [2.45, 2.75) is 19.8 Å². The van der Waals surface area contributed by atoms with Crippen LogP contribution in [0.4, 0.5) is 5.82 Å². The van der Waals surface area contributed by atoms with Crippen molar-refractivity contribution in [3.63, 3.8) is 0 Å². The molecule has 0 aliphatic carbocycles. The van der Waals surface area contributed by atoms with Crippen LogP contribution in [-0.2, 0) is 0 Å². The lowest BCUT2D eigenvalue weighted by Gasteiger charge is -2.22. The molecule has 0 bridgehead atoms. The van der Waals surface area contributed by atoms with Crippen molar-refractivity contribution < 1.29 is 4.74 Å². The Labute approximate surface area is 105 Å². The van der Waals surface area contributed by atoms with Gasteiger partial charge in [-0.15, -0.1) is 0 Å². The van der Waals surface area contributed by atoms with Crippen molar-refractivity contribution in [1.82, 2.24) is 9.97 Å². The smallest absolute Gasteiger partial charge is 0.233 e. The molecule has 0 aliphatic heterocycles. The molecule has 16 heavy (non-hydrogen) atoms. The molecule has 0 spiro atoms. The fourth-order valence-electron chi connectivity index (χ4n) is 1.38. The van der Waals surface area contributed by atoms with E-state index in [4.69, 9.17) is 4.74 Å². The fraction of sp³-hybridized carbons (Fsp3) is 0.636. The van der Waals surface area contributed by atoms with Crippen LogP contribution in [0.2, 0.25) is 0 Å². The molecule has 0 atom stereocenters. The lowest BCUT2D eigenvalue weighted by Crippen LogP contribution is -2.27. The van der Waals surface area contributed by atoms with Crippen LogP contribution in [0, 0.1) is 0 Å². The minimum absolute atomic E-state index is 0.563. The Hall–Kier alpha value is -0.840. The maximum absolute atomic E-state index is 5.08. The number of alkyl halides is 1. The van der Waals surface area contributed by atoms with Crippen molar-refractivity contribution >= 4 is 21.7 Å². The van der Waals surface area contributed by atoms with Crippen molar-refractivity contribution in [3.8, 4) is 5.88 Å². The van der Waals surface area contributed by atoms with Gasteiger partial charge in [-0.2, -0.15) is 4.98 Å². The lowest BCUT2D eigenvalue weighted by molar-refractivity contribution is 0.395. The Morgan fingerprint density at radius 3 is 2.81 bits per heavy atom. The topological polar surface area (TPSA) is 38.2 Å². The third-order valence-corrected chi connectivity index (χ3v) is 2.62. The zero-order valence-electron chi connectivity index (χ0n) is 9.82. The van der Waals surface area contributed by atoms with Crippen LogP contribution in [-0.4, -0.2) is 35.5 Å². The standard InChI is InChI=1S/C11H18BrN3O/c1-3-4-6-15(7-5-12)10-8-13-9-11(14-10)16-2/h8-9H,3-7H2,1-2H3. The second-order valence-corrected chi connectivity index (χ2v) is 4.24. The summed E-state index contributed by atoms with van der Waals surface area (Å²) in [6.45, 7) is 4.12. The predicted molar refractivity (Wildman–Crippen MR) is 69.5 cm³/mol. The number of nitrogens with zero attached hydrogens (tertiary/aromatic N) is 3. The highest BCUT2D eigenvalue weighted by atomic mass is 79.9. The Morgan fingerprint density at radius 2 is 2.19 bits per heavy atom. The van der Waals surface area contributed by atoms with Crippen LogP contribution in [0.5, 0.6) is 5.88 Å². The van der Waals surface area contributed by atoms with Crippen molar-refractivity contribution in [1.29, 1.82) is 0 Å². The number of rotatable bonds is 7. The quantitative estimate of drug-likeness (QED) is 0.722. The summed E-state index contributed by atoms with van der Waals surface area (Å²) < 4.78 is 5.08. The minimum Gasteiger partial charge on any atom is -0.480 e. The van der Waals surface area contributed by atoms with E-state index in [-0.39, 0.29) is 0 Å². The molecule has 0 saturated carbocycles. The number of aromatic nitrogens is 2. The molecular formula is C11H18BrN3O. The molecule has 0 amide bonds. The summed E-state index contributed by atoms with van der Waals surface area (Å²) in [4.78, 5) is 10.7. The number of ether oxygens (including phenoxy) is 1. The Bertz CT molecular complexity index is 309. The predicted octanol–water partition coefficient (Wildman–Crippen LogP) is 2.49. The van der Waals surface area contributed by atoms with Gasteiger partial charge in [0.1, 0.15) is 0 Å². The molecule has 5 heteroatoms. The summed E-state index contributed by atoms with van der Waals surface area (Å²) >= 11 is 3.45. The van der Waals surface area contributed by atoms with Gasteiger partial charge in [0.25, 0.3) is 0 Å². The summed E-state index contributed by atoms with van der Waals surface area (Å²) in [5, 5.41) is 0.926. The maximum atomic E-state index is 5.08. The Balaban J connectivity index is 2.73. The normalized spacial score (nSPS) is 10.2. The number of anilines is 1. The summed E-state index contributed by atoms with van der Waals surface area (Å²) in [7, 11) is 1.61. The first kappa shape index (κ1) is 13.2. The Kier molecular flexibility index (Phi) is 6.15. The molecule has 1 rings (SSSR count). The third-order valence-electron chi connectivity index (χ3n) is 2.27. The van der Waals surface area contributed by atoms with Gasteiger partial charge in [-0.1, -0.05) is 29.3 Å². The molecule has 1 heterocycles. The van der Waals surface area contributed by atoms with Crippen LogP contribution in [0.1, 0.15) is 19.8 Å². The van der Waals surface area contributed by atoms with E-state index in [1.54, 1.807) is 19.5 Å². The largest absolute Gasteiger partial charge is 0.480 e. The van der Waals surface area contributed by atoms with Gasteiger partial charge in [-0.05, 0) is 6.42 Å². The fourth-order valence-corrected chi connectivity index (χ4v) is 1.81. The van der Waals surface area contributed by atoms with Crippen molar-refractivity contribution in [3.05, 3.63) is 12.4 Å². The third kappa shape index (κ3) is 3.96. The Morgan fingerprint density at radius 1 is 1.38 bits per heavy atom. The molecule has 4 nitrogen and oxygen atoms in total. The van der Waals surface area contributed by atoms with E-state index < -0.39 is 0 Å². The minimum atomic E-state index is 0.563. The average Bonchev–Trinajstić information content (AvgIpc) is 2.34. The molecule has 0 saturated heterocycles. The van der Waals surface area contributed by atoms with Gasteiger partial charge in [-0.3, -0.25) is 4.98 Å². The number of unbranched alkanes of at least 4 members (excludes halogenated alkanes) is 1. The van der Waals surface area contributed by atoms with Crippen LogP contribution in [0.25, 0.3) is 0 Å². The highest BCUT2D eigenvalue weighted by Crippen LogP contribution is 2.14. The first-order chi connectivity index (χ1) is 7.81. The van der Waals surface area contributed by atoms with Crippen LogP contribution >= 0.6 is 15.9 Å². The van der Waals surface area contributed by atoms with Gasteiger partial charge >= 0.3 is 0 Å². The van der Waals surface area contributed by atoms with Gasteiger partial charge in [0, 0.05) is 18.4 Å². The maximum Gasteiger partial charge on any atom is 0.233 e.